The summed E-state index contributed by atoms with van der Waals surface area (Å²) in [6, 6.07) is 0. The van der Waals surface area contributed by atoms with Crippen molar-refractivity contribution in [2.75, 3.05) is 18.1 Å². The Balaban J connectivity index is 2.03. The highest BCUT2D eigenvalue weighted by molar-refractivity contribution is 7.99. The number of carbonyl (C=O) groups is 3. The summed E-state index contributed by atoms with van der Waals surface area (Å²) < 4.78 is 0. The number of imide groups is 1. The van der Waals surface area contributed by atoms with Gasteiger partial charge in [0.25, 0.3) is 5.91 Å². The van der Waals surface area contributed by atoms with E-state index in [1.54, 1.807) is 13.8 Å². The summed E-state index contributed by atoms with van der Waals surface area (Å²) in [6.45, 7) is 3.35. The normalized spacial score (nSPS) is 24.2. The SMILES string of the molecule is CC1(C)C(=O)NC(=O)CN1C(=O)CC1CCSCC1. The van der Waals surface area contributed by atoms with Gasteiger partial charge in [0.15, 0.2) is 0 Å². The number of carbonyl (C=O) groups excluding carboxylic acids is 3. The van der Waals surface area contributed by atoms with E-state index in [4.69, 9.17) is 0 Å². The monoisotopic (exact) mass is 284 g/mol. The van der Waals surface area contributed by atoms with E-state index in [2.05, 4.69) is 5.32 Å². The molecule has 2 aliphatic heterocycles. The first kappa shape index (κ1) is 14.4. The van der Waals surface area contributed by atoms with Crippen molar-refractivity contribution in [3.8, 4) is 0 Å². The number of hydrogen-bond acceptors (Lipinski definition) is 4. The van der Waals surface area contributed by atoms with Gasteiger partial charge in [0, 0.05) is 6.42 Å². The number of thioether (sulfide) groups is 1. The molecule has 0 aromatic heterocycles. The van der Waals surface area contributed by atoms with Gasteiger partial charge in [-0.15, -0.1) is 0 Å². The lowest BCUT2D eigenvalue weighted by Gasteiger charge is -2.40. The number of nitrogens with zero attached hydrogens (tertiary/aromatic N) is 1. The van der Waals surface area contributed by atoms with E-state index in [0.717, 1.165) is 24.3 Å². The third kappa shape index (κ3) is 3.11. The van der Waals surface area contributed by atoms with Crippen LogP contribution in [0.5, 0.6) is 0 Å². The molecule has 3 amide bonds. The van der Waals surface area contributed by atoms with Crippen LogP contribution in [-0.2, 0) is 14.4 Å². The molecular weight excluding hydrogens is 264 g/mol. The summed E-state index contributed by atoms with van der Waals surface area (Å²) in [5, 5.41) is 2.28. The van der Waals surface area contributed by atoms with Crippen molar-refractivity contribution < 1.29 is 14.4 Å². The average molecular weight is 284 g/mol. The van der Waals surface area contributed by atoms with Gasteiger partial charge in [-0.1, -0.05) is 0 Å². The minimum atomic E-state index is -0.936. The second-order valence-corrected chi connectivity index (χ2v) is 6.90. The van der Waals surface area contributed by atoms with Gasteiger partial charge in [-0.05, 0) is 44.1 Å². The van der Waals surface area contributed by atoms with Crippen molar-refractivity contribution in [3.05, 3.63) is 0 Å². The predicted octanol–water partition coefficient (Wildman–Crippen LogP) is 0.783. The Labute approximate surface area is 117 Å². The topological polar surface area (TPSA) is 66.5 Å². The van der Waals surface area contributed by atoms with E-state index in [-0.39, 0.29) is 12.5 Å². The largest absolute Gasteiger partial charge is 0.319 e. The maximum Gasteiger partial charge on any atom is 0.252 e. The second kappa shape index (κ2) is 5.53. The molecule has 5 nitrogen and oxygen atoms in total. The van der Waals surface area contributed by atoms with Crippen LogP contribution in [0.15, 0.2) is 0 Å². The molecule has 2 saturated heterocycles. The third-order valence-electron chi connectivity index (χ3n) is 3.89. The quantitative estimate of drug-likeness (QED) is 0.761. The highest BCUT2D eigenvalue weighted by Crippen LogP contribution is 2.28. The fourth-order valence-electron chi connectivity index (χ4n) is 2.49. The smallest absolute Gasteiger partial charge is 0.252 e. The van der Waals surface area contributed by atoms with Gasteiger partial charge in [0.1, 0.15) is 12.1 Å². The highest BCUT2D eigenvalue weighted by atomic mass is 32.2. The van der Waals surface area contributed by atoms with Crippen molar-refractivity contribution in [3.63, 3.8) is 0 Å². The molecule has 0 radical (unpaired) electrons. The molecule has 6 heteroatoms. The molecule has 2 aliphatic rings. The number of piperazine rings is 1. The molecular formula is C13H20N2O3S. The van der Waals surface area contributed by atoms with E-state index in [1.165, 1.54) is 4.90 Å². The fourth-order valence-corrected chi connectivity index (χ4v) is 3.69. The average Bonchev–Trinajstić information content (AvgIpc) is 2.35. The molecule has 19 heavy (non-hydrogen) atoms. The van der Waals surface area contributed by atoms with Crippen LogP contribution in [-0.4, -0.2) is 46.2 Å². The van der Waals surface area contributed by atoms with Crippen molar-refractivity contribution >= 4 is 29.5 Å². The second-order valence-electron chi connectivity index (χ2n) is 5.68. The Kier molecular flexibility index (Phi) is 4.18. The standard InChI is InChI=1S/C13H20N2O3S/c1-13(2)12(18)14-10(16)8-15(13)11(17)7-9-3-5-19-6-4-9/h9H,3-8H2,1-2H3,(H,14,16,18). The Morgan fingerprint density at radius 3 is 2.63 bits per heavy atom. The lowest BCUT2D eigenvalue weighted by atomic mass is 9.94. The van der Waals surface area contributed by atoms with Gasteiger partial charge in [-0.25, -0.2) is 0 Å². The summed E-state index contributed by atoms with van der Waals surface area (Å²) in [7, 11) is 0. The van der Waals surface area contributed by atoms with Gasteiger partial charge >= 0.3 is 0 Å². The first-order valence-electron chi connectivity index (χ1n) is 6.64. The van der Waals surface area contributed by atoms with Gasteiger partial charge in [0.05, 0.1) is 0 Å². The zero-order chi connectivity index (χ0) is 14.0. The van der Waals surface area contributed by atoms with Crippen molar-refractivity contribution in [1.29, 1.82) is 0 Å². The summed E-state index contributed by atoms with van der Waals surface area (Å²) >= 11 is 1.92. The number of amides is 3. The van der Waals surface area contributed by atoms with E-state index < -0.39 is 17.4 Å². The van der Waals surface area contributed by atoms with E-state index >= 15 is 0 Å². The van der Waals surface area contributed by atoms with E-state index in [1.807, 2.05) is 11.8 Å². The minimum Gasteiger partial charge on any atom is -0.319 e. The van der Waals surface area contributed by atoms with Crippen LogP contribution in [0.4, 0.5) is 0 Å². The van der Waals surface area contributed by atoms with Gasteiger partial charge in [-0.3, -0.25) is 19.7 Å². The lowest BCUT2D eigenvalue weighted by molar-refractivity contribution is -0.156. The molecule has 0 unspecified atom stereocenters. The van der Waals surface area contributed by atoms with Crippen molar-refractivity contribution in [2.24, 2.45) is 5.92 Å². The molecule has 0 atom stereocenters. The van der Waals surface area contributed by atoms with Crippen LogP contribution < -0.4 is 5.32 Å². The van der Waals surface area contributed by atoms with Crippen LogP contribution in [0.25, 0.3) is 0 Å². The van der Waals surface area contributed by atoms with Crippen molar-refractivity contribution in [2.45, 2.75) is 38.6 Å². The fraction of sp³-hybridized carbons (Fsp3) is 0.769. The highest BCUT2D eigenvalue weighted by Gasteiger charge is 2.43. The Bertz CT molecular complexity index is 403. The summed E-state index contributed by atoms with van der Waals surface area (Å²) in [4.78, 5) is 37.0. The van der Waals surface area contributed by atoms with Crippen molar-refractivity contribution in [1.82, 2.24) is 10.2 Å². The molecule has 2 heterocycles. The van der Waals surface area contributed by atoms with Crippen LogP contribution in [0.2, 0.25) is 0 Å². The predicted molar refractivity (Wildman–Crippen MR) is 73.6 cm³/mol. The molecule has 1 N–H and O–H groups in total. The molecule has 0 saturated carbocycles. The Morgan fingerprint density at radius 2 is 2.00 bits per heavy atom. The number of rotatable bonds is 2. The molecule has 0 aliphatic carbocycles. The van der Waals surface area contributed by atoms with Crippen LogP contribution in [0.3, 0.4) is 0 Å². The van der Waals surface area contributed by atoms with Gasteiger partial charge in [0.2, 0.25) is 11.8 Å². The minimum absolute atomic E-state index is 0.0148. The summed E-state index contributed by atoms with van der Waals surface area (Å²) in [6.07, 6.45) is 2.54. The molecule has 0 spiro atoms. The maximum atomic E-state index is 12.4. The molecule has 0 bridgehead atoms. The van der Waals surface area contributed by atoms with Gasteiger partial charge < -0.3 is 4.90 Å². The molecule has 106 valence electrons. The Hall–Kier alpha value is -1.04. The zero-order valence-corrected chi connectivity index (χ0v) is 12.2. The van der Waals surface area contributed by atoms with E-state index in [0.29, 0.717) is 12.3 Å². The van der Waals surface area contributed by atoms with E-state index in [9.17, 15) is 14.4 Å². The molecule has 2 rings (SSSR count). The first-order valence-corrected chi connectivity index (χ1v) is 7.79. The van der Waals surface area contributed by atoms with Crippen LogP contribution in [0.1, 0.15) is 33.1 Å². The zero-order valence-electron chi connectivity index (χ0n) is 11.4. The van der Waals surface area contributed by atoms with Crippen LogP contribution in [0, 0.1) is 5.92 Å². The third-order valence-corrected chi connectivity index (χ3v) is 4.94. The Morgan fingerprint density at radius 1 is 1.37 bits per heavy atom. The summed E-state index contributed by atoms with van der Waals surface area (Å²) in [5.41, 5.74) is -0.936. The number of nitrogens with one attached hydrogen (secondary N) is 1. The first-order chi connectivity index (χ1) is 8.91. The van der Waals surface area contributed by atoms with Gasteiger partial charge in [-0.2, -0.15) is 11.8 Å². The molecule has 0 aromatic rings. The lowest BCUT2D eigenvalue weighted by Crippen LogP contribution is -2.65. The van der Waals surface area contributed by atoms with Crippen LogP contribution >= 0.6 is 11.8 Å². The summed E-state index contributed by atoms with van der Waals surface area (Å²) in [5.74, 6) is 1.73. The number of hydrogen-bond donors (Lipinski definition) is 1. The molecule has 2 fully saturated rings. The molecule has 0 aromatic carbocycles. The maximum absolute atomic E-state index is 12.4.